The predicted octanol–water partition coefficient (Wildman–Crippen LogP) is 3.92. The van der Waals surface area contributed by atoms with Crippen LogP contribution in [0.1, 0.15) is 40.4 Å². The Morgan fingerprint density at radius 1 is 1.45 bits per heavy atom. The van der Waals surface area contributed by atoms with Crippen LogP contribution in [0.3, 0.4) is 0 Å². The van der Waals surface area contributed by atoms with Crippen LogP contribution in [0.5, 0.6) is 0 Å². The first-order valence-corrected chi connectivity index (χ1v) is 7.48. The molecule has 0 radical (unpaired) electrons. The zero-order valence-electron chi connectivity index (χ0n) is 10.5. The lowest BCUT2D eigenvalue weighted by molar-refractivity contribution is 0.0695. The van der Waals surface area contributed by atoms with Crippen LogP contribution >= 0.6 is 27.5 Å². The first-order chi connectivity index (χ1) is 9.58. The number of aromatic carboxylic acids is 1. The Morgan fingerprint density at radius 2 is 2.15 bits per heavy atom. The van der Waals surface area contributed by atoms with Gasteiger partial charge in [0.25, 0.3) is 0 Å². The summed E-state index contributed by atoms with van der Waals surface area (Å²) >= 11 is 9.68. The van der Waals surface area contributed by atoms with E-state index in [-0.39, 0.29) is 16.6 Å². The second-order valence-corrected chi connectivity index (χ2v) is 6.09. The van der Waals surface area contributed by atoms with Gasteiger partial charge in [-0.3, -0.25) is 0 Å². The normalized spacial score (nSPS) is 14.5. The molecule has 2 aromatic rings. The molecule has 1 N–H and O–H groups in total. The van der Waals surface area contributed by atoms with Gasteiger partial charge < -0.3 is 5.11 Å². The van der Waals surface area contributed by atoms with Crippen molar-refractivity contribution in [2.24, 2.45) is 0 Å². The average Bonchev–Trinajstić information content (AvgIpc) is 3.18. The van der Waals surface area contributed by atoms with Gasteiger partial charge in [-0.25, -0.2) is 9.48 Å². The molecule has 3 rings (SSSR count). The van der Waals surface area contributed by atoms with Crippen molar-refractivity contribution in [1.82, 2.24) is 9.78 Å². The summed E-state index contributed by atoms with van der Waals surface area (Å²) in [7, 11) is 0. The third-order valence-corrected chi connectivity index (χ3v) is 4.53. The van der Waals surface area contributed by atoms with Crippen LogP contribution in [0.4, 0.5) is 0 Å². The Balaban J connectivity index is 2.00. The molecule has 1 heterocycles. The molecule has 0 spiro atoms. The van der Waals surface area contributed by atoms with E-state index in [1.54, 1.807) is 4.68 Å². The van der Waals surface area contributed by atoms with Gasteiger partial charge in [-0.2, -0.15) is 5.10 Å². The zero-order chi connectivity index (χ0) is 14.3. The summed E-state index contributed by atoms with van der Waals surface area (Å²) in [5.41, 5.74) is 1.78. The number of hydrogen-bond acceptors (Lipinski definition) is 2. The lowest BCUT2D eigenvalue weighted by Crippen LogP contribution is -2.03. The summed E-state index contributed by atoms with van der Waals surface area (Å²) in [5, 5.41) is 13.9. The van der Waals surface area contributed by atoms with Gasteiger partial charge in [0.2, 0.25) is 0 Å². The van der Waals surface area contributed by atoms with E-state index in [0.29, 0.717) is 12.2 Å². The molecule has 1 aromatic heterocycles. The van der Waals surface area contributed by atoms with Crippen LogP contribution < -0.4 is 0 Å². The van der Waals surface area contributed by atoms with E-state index >= 15 is 0 Å². The third-order valence-electron chi connectivity index (χ3n) is 3.37. The van der Waals surface area contributed by atoms with Crippen LogP contribution in [0, 0.1) is 0 Å². The molecule has 0 aliphatic heterocycles. The highest BCUT2D eigenvalue weighted by molar-refractivity contribution is 9.10. The maximum atomic E-state index is 11.4. The molecule has 0 amide bonds. The van der Waals surface area contributed by atoms with Gasteiger partial charge >= 0.3 is 5.97 Å². The lowest BCUT2D eigenvalue weighted by Gasteiger charge is -2.05. The molecule has 20 heavy (non-hydrogen) atoms. The Labute approximate surface area is 129 Å². The minimum atomic E-state index is -1.00. The van der Waals surface area contributed by atoms with Crippen LogP contribution in [0.15, 0.2) is 28.7 Å². The maximum absolute atomic E-state index is 11.4. The van der Waals surface area contributed by atoms with Crippen molar-refractivity contribution in [3.05, 3.63) is 50.7 Å². The summed E-state index contributed by atoms with van der Waals surface area (Å²) in [6.07, 6.45) is 1.98. The summed E-state index contributed by atoms with van der Waals surface area (Å²) < 4.78 is 2.52. The van der Waals surface area contributed by atoms with E-state index in [1.165, 1.54) is 0 Å². The molecular weight excluding hydrogens is 344 g/mol. The van der Waals surface area contributed by atoms with E-state index in [2.05, 4.69) is 21.0 Å². The smallest absolute Gasteiger partial charge is 0.340 e. The fraction of sp³-hybridized carbons (Fsp3) is 0.286. The van der Waals surface area contributed by atoms with Crippen molar-refractivity contribution in [2.45, 2.75) is 25.3 Å². The minimum Gasteiger partial charge on any atom is -0.478 e. The van der Waals surface area contributed by atoms with Gasteiger partial charge in [-0.05, 0) is 24.5 Å². The fourth-order valence-corrected chi connectivity index (χ4v) is 2.88. The summed E-state index contributed by atoms with van der Waals surface area (Å²) in [5.74, 6) is -0.755. The average molecular weight is 356 g/mol. The van der Waals surface area contributed by atoms with Gasteiger partial charge in [0.05, 0.1) is 12.2 Å². The number of hydrogen-bond donors (Lipinski definition) is 1. The van der Waals surface area contributed by atoms with Crippen molar-refractivity contribution in [2.75, 3.05) is 0 Å². The third kappa shape index (κ3) is 2.47. The van der Waals surface area contributed by atoms with E-state index in [4.69, 9.17) is 11.6 Å². The Kier molecular flexibility index (Phi) is 3.56. The number of carboxylic acid groups (broad SMARTS) is 1. The molecule has 104 valence electrons. The second kappa shape index (κ2) is 5.22. The molecule has 1 aliphatic rings. The number of halogens is 2. The number of benzene rings is 1. The monoisotopic (exact) mass is 354 g/mol. The highest BCUT2D eigenvalue weighted by Crippen LogP contribution is 2.42. The first kappa shape index (κ1) is 13.6. The molecule has 0 bridgehead atoms. The van der Waals surface area contributed by atoms with Gasteiger partial charge in [0.15, 0.2) is 0 Å². The highest BCUT2D eigenvalue weighted by atomic mass is 79.9. The van der Waals surface area contributed by atoms with E-state index < -0.39 is 5.97 Å². The molecule has 1 aliphatic carbocycles. The minimum absolute atomic E-state index is 0.154. The molecule has 0 saturated heterocycles. The quantitative estimate of drug-likeness (QED) is 0.904. The predicted molar refractivity (Wildman–Crippen MR) is 79.4 cm³/mol. The molecule has 1 fully saturated rings. The Hall–Kier alpha value is -1.33. The maximum Gasteiger partial charge on any atom is 0.340 e. The highest BCUT2D eigenvalue weighted by Gasteiger charge is 2.34. The molecule has 1 saturated carbocycles. The molecule has 0 unspecified atom stereocenters. The van der Waals surface area contributed by atoms with Crippen molar-refractivity contribution < 1.29 is 9.90 Å². The molecule has 4 nitrogen and oxygen atoms in total. The molecule has 6 heteroatoms. The number of nitrogens with zero attached hydrogens (tertiary/aromatic N) is 2. The lowest BCUT2D eigenvalue weighted by atomic mass is 10.2. The number of rotatable bonds is 4. The zero-order valence-corrected chi connectivity index (χ0v) is 12.9. The van der Waals surface area contributed by atoms with Crippen LogP contribution in [-0.4, -0.2) is 20.9 Å². The van der Waals surface area contributed by atoms with Crippen LogP contribution in [-0.2, 0) is 6.54 Å². The summed E-state index contributed by atoms with van der Waals surface area (Å²) in [6, 6.07) is 7.75. The van der Waals surface area contributed by atoms with Gasteiger partial charge in [0, 0.05) is 10.4 Å². The van der Waals surface area contributed by atoms with Crippen molar-refractivity contribution in [3.63, 3.8) is 0 Å². The van der Waals surface area contributed by atoms with E-state index in [9.17, 15) is 9.90 Å². The van der Waals surface area contributed by atoms with Crippen molar-refractivity contribution in [1.29, 1.82) is 0 Å². The Bertz CT molecular complexity index is 680. The topological polar surface area (TPSA) is 55.1 Å². The number of carbonyl (C=O) groups is 1. The van der Waals surface area contributed by atoms with Crippen LogP contribution in [0.2, 0.25) is 5.15 Å². The van der Waals surface area contributed by atoms with Gasteiger partial charge in [-0.1, -0.05) is 45.7 Å². The van der Waals surface area contributed by atoms with E-state index in [1.807, 2.05) is 24.3 Å². The van der Waals surface area contributed by atoms with Crippen molar-refractivity contribution >= 4 is 33.5 Å². The first-order valence-electron chi connectivity index (χ1n) is 6.31. The summed E-state index contributed by atoms with van der Waals surface area (Å²) in [6.45, 7) is 0.452. The summed E-state index contributed by atoms with van der Waals surface area (Å²) in [4.78, 5) is 11.4. The number of aromatic nitrogens is 2. The SMILES string of the molecule is O=C(O)c1c(C2CC2)nn(Cc2ccccc2Br)c1Cl. The largest absolute Gasteiger partial charge is 0.478 e. The second-order valence-electron chi connectivity index (χ2n) is 4.88. The molecular formula is C14H12BrClN2O2. The number of carboxylic acids is 1. The van der Waals surface area contributed by atoms with E-state index in [0.717, 1.165) is 22.9 Å². The standard InChI is InChI=1S/C14H12BrClN2O2/c15-10-4-2-1-3-9(10)7-18-13(16)11(14(19)20)12(17-18)8-5-6-8/h1-4,8H,5-7H2,(H,19,20). The Morgan fingerprint density at radius 3 is 2.75 bits per heavy atom. The molecule has 0 atom stereocenters. The van der Waals surface area contributed by atoms with Gasteiger partial charge in [-0.15, -0.1) is 0 Å². The fourth-order valence-electron chi connectivity index (χ4n) is 2.19. The molecule has 1 aromatic carbocycles. The van der Waals surface area contributed by atoms with Gasteiger partial charge in [0.1, 0.15) is 10.7 Å². The van der Waals surface area contributed by atoms with Crippen molar-refractivity contribution in [3.8, 4) is 0 Å². The van der Waals surface area contributed by atoms with Crippen LogP contribution in [0.25, 0.3) is 0 Å².